The van der Waals surface area contributed by atoms with Gasteiger partial charge in [0.05, 0.1) is 6.26 Å². The molecule has 140 valence electrons. The number of nitrogens with one attached hydrogen (secondary N) is 2. The van der Waals surface area contributed by atoms with E-state index in [-0.39, 0.29) is 17.6 Å². The zero-order valence-electron chi connectivity index (χ0n) is 14.8. The number of benzene rings is 1. The molecule has 7 heteroatoms. The Morgan fingerprint density at radius 2 is 1.92 bits per heavy atom. The molecule has 1 aromatic carbocycles. The van der Waals surface area contributed by atoms with Gasteiger partial charge in [0.1, 0.15) is 6.04 Å². The third-order valence-corrected chi connectivity index (χ3v) is 5.31. The molecule has 0 aliphatic carbocycles. The van der Waals surface area contributed by atoms with E-state index < -0.39 is 6.04 Å². The number of amides is 2. The molecule has 0 aliphatic rings. The number of hydrogen-bond donors (Lipinski definition) is 2. The first-order valence-electron chi connectivity index (χ1n) is 8.43. The second kappa shape index (κ2) is 11.7. The summed E-state index contributed by atoms with van der Waals surface area (Å²) < 4.78 is 5.08. The van der Waals surface area contributed by atoms with Gasteiger partial charge in [-0.05, 0) is 36.1 Å². The molecule has 1 unspecified atom stereocenters. The van der Waals surface area contributed by atoms with Crippen molar-refractivity contribution in [3.05, 3.63) is 60.1 Å². The minimum Gasteiger partial charge on any atom is -0.459 e. The summed E-state index contributed by atoms with van der Waals surface area (Å²) in [5.41, 5.74) is 1.27. The number of carbonyl (C=O) groups excluding carboxylic acids is 2. The Hall–Kier alpha value is -1.86. The molecule has 26 heavy (non-hydrogen) atoms. The Bertz CT molecular complexity index is 663. The van der Waals surface area contributed by atoms with Crippen LogP contribution in [0.3, 0.4) is 0 Å². The van der Waals surface area contributed by atoms with Crippen LogP contribution in [0, 0.1) is 0 Å². The topological polar surface area (TPSA) is 71.3 Å². The van der Waals surface area contributed by atoms with E-state index in [9.17, 15) is 9.59 Å². The Kier molecular flexibility index (Phi) is 9.20. The zero-order chi connectivity index (χ0) is 18.6. The maximum absolute atomic E-state index is 12.4. The summed E-state index contributed by atoms with van der Waals surface area (Å²) in [7, 11) is 0. The Morgan fingerprint density at radius 3 is 2.62 bits per heavy atom. The summed E-state index contributed by atoms with van der Waals surface area (Å²) in [4.78, 5) is 24.5. The van der Waals surface area contributed by atoms with Crippen LogP contribution in [0.15, 0.2) is 53.1 Å². The summed E-state index contributed by atoms with van der Waals surface area (Å²) in [6.45, 7) is 0.572. The van der Waals surface area contributed by atoms with Crippen LogP contribution in [0.2, 0.25) is 0 Å². The standard InChI is InChI=1S/C19H24N2O3S2/c1-25-12-9-16(21-19(23)17-8-5-11-24-17)18(22)20-10-13-26-14-15-6-3-2-4-7-15/h2-8,11,16H,9-10,12-14H2,1H3,(H,20,22)(H,21,23). The van der Waals surface area contributed by atoms with Crippen molar-refractivity contribution in [2.45, 2.75) is 18.2 Å². The van der Waals surface area contributed by atoms with Gasteiger partial charge in [0.25, 0.3) is 5.91 Å². The first kappa shape index (κ1) is 20.5. The van der Waals surface area contributed by atoms with Crippen LogP contribution < -0.4 is 10.6 Å². The molecule has 5 nitrogen and oxygen atoms in total. The number of rotatable bonds is 11. The van der Waals surface area contributed by atoms with Gasteiger partial charge in [-0.3, -0.25) is 9.59 Å². The largest absolute Gasteiger partial charge is 0.459 e. The van der Waals surface area contributed by atoms with Crippen molar-refractivity contribution < 1.29 is 14.0 Å². The van der Waals surface area contributed by atoms with Crippen LogP contribution in [0.1, 0.15) is 22.5 Å². The third-order valence-electron chi connectivity index (χ3n) is 3.63. The molecule has 0 fully saturated rings. The van der Waals surface area contributed by atoms with E-state index >= 15 is 0 Å². The fraction of sp³-hybridized carbons (Fsp3) is 0.368. The van der Waals surface area contributed by atoms with E-state index in [0.717, 1.165) is 17.3 Å². The summed E-state index contributed by atoms with van der Waals surface area (Å²) in [5.74, 6) is 2.22. The number of thioether (sulfide) groups is 2. The lowest BCUT2D eigenvalue weighted by atomic mass is 10.2. The second-order valence-electron chi connectivity index (χ2n) is 5.61. The second-order valence-corrected chi connectivity index (χ2v) is 7.70. The van der Waals surface area contributed by atoms with E-state index in [1.807, 2.05) is 24.5 Å². The summed E-state index contributed by atoms with van der Waals surface area (Å²) in [5, 5.41) is 5.67. The molecule has 2 aromatic rings. The fourth-order valence-corrected chi connectivity index (χ4v) is 3.57. The monoisotopic (exact) mass is 392 g/mol. The fourth-order valence-electron chi connectivity index (χ4n) is 2.28. The highest BCUT2D eigenvalue weighted by Gasteiger charge is 2.21. The van der Waals surface area contributed by atoms with Crippen molar-refractivity contribution in [2.75, 3.05) is 24.3 Å². The van der Waals surface area contributed by atoms with Crippen molar-refractivity contribution in [3.8, 4) is 0 Å². The molecule has 0 aliphatic heterocycles. The van der Waals surface area contributed by atoms with Crippen molar-refractivity contribution in [1.29, 1.82) is 0 Å². The smallest absolute Gasteiger partial charge is 0.287 e. The average Bonchev–Trinajstić information content (AvgIpc) is 3.20. The first-order chi connectivity index (χ1) is 12.7. The number of furan rings is 1. The predicted molar refractivity (Wildman–Crippen MR) is 109 cm³/mol. The highest BCUT2D eigenvalue weighted by Crippen LogP contribution is 2.11. The molecule has 2 amide bonds. The number of carbonyl (C=O) groups is 2. The molecule has 1 atom stereocenters. The van der Waals surface area contributed by atoms with Gasteiger partial charge in [-0.15, -0.1) is 0 Å². The highest BCUT2D eigenvalue weighted by atomic mass is 32.2. The van der Waals surface area contributed by atoms with Crippen LogP contribution in [0.25, 0.3) is 0 Å². The Morgan fingerprint density at radius 1 is 1.12 bits per heavy atom. The average molecular weight is 393 g/mol. The molecule has 1 heterocycles. The van der Waals surface area contributed by atoms with Crippen LogP contribution in [0.4, 0.5) is 0 Å². The molecule has 2 rings (SSSR count). The molecule has 1 aromatic heterocycles. The van der Waals surface area contributed by atoms with Crippen LogP contribution >= 0.6 is 23.5 Å². The molecular weight excluding hydrogens is 368 g/mol. The van der Waals surface area contributed by atoms with Gasteiger partial charge in [-0.2, -0.15) is 23.5 Å². The lowest BCUT2D eigenvalue weighted by Gasteiger charge is -2.17. The van der Waals surface area contributed by atoms with Gasteiger partial charge < -0.3 is 15.1 Å². The van der Waals surface area contributed by atoms with Crippen LogP contribution in [-0.2, 0) is 10.5 Å². The SMILES string of the molecule is CSCCC(NC(=O)c1ccco1)C(=O)NCCSCc1ccccc1. The van der Waals surface area contributed by atoms with E-state index in [2.05, 4.69) is 22.8 Å². The van der Waals surface area contributed by atoms with Crippen molar-refractivity contribution in [2.24, 2.45) is 0 Å². The minimum absolute atomic E-state index is 0.153. The molecule has 0 saturated carbocycles. The molecule has 0 radical (unpaired) electrons. The molecular formula is C19H24N2O3S2. The lowest BCUT2D eigenvalue weighted by molar-refractivity contribution is -0.122. The maximum Gasteiger partial charge on any atom is 0.287 e. The Labute approximate surface area is 162 Å². The van der Waals surface area contributed by atoms with E-state index in [0.29, 0.717) is 13.0 Å². The Balaban J connectivity index is 1.73. The van der Waals surface area contributed by atoms with Gasteiger partial charge in [0.15, 0.2) is 5.76 Å². The first-order valence-corrected chi connectivity index (χ1v) is 11.0. The summed E-state index contributed by atoms with van der Waals surface area (Å²) >= 11 is 3.41. The highest BCUT2D eigenvalue weighted by molar-refractivity contribution is 7.98. The van der Waals surface area contributed by atoms with E-state index in [4.69, 9.17) is 4.42 Å². The summed E-state index contributed by atoms with van der Waals surface area (Å²) in [6.07, 6.45) is 4.00. The van der Waals surface area contributed by atoms with Crippen molar-refractivity contribution >= 4 is 35.3 Å². The van der Waals surface area contributed by atoms with Crippen molar-refractivity contribution in [3.63, 3.8) is 0 Å². The van der Waals surface area contributed by atoms with Crippen molar-refractivity contribution in [1.82, 2.24) is 10.6 Å². The number of hydrogen-bond acceptors (Lipinski definition) is 5. The van der Waals surface area contributed by atoms with Gasteiger partial charge in [0, 0.05) is 18.1 Å². The summed E-state index contributed by atoms with van der Waals surface area (Å²) in [6, 6.07) is 12.9. The maximum atomic E-state index is 12.4. The zero-order valence-corrected chi connectivity index (χ0v) is 16.4. The van der Waals surface area contributed by atoms with E-state index in [1.165, 1.54) is 11.8 Å². The molecule has 2 N–H and O–H groups in total. The van der Waals surface area contributed by atoms with E-state index in [1.54, 1.807) is 35.7 Å². The quantitative estimate of drug-likeness (QED) is 0.575. The van der Waals surface area contributed by atoms with Gasteiger partial charge in [-0.25, -0.2) is 0 Å². The molecule has 0 spiro atoms. The van der Waals surface area contributed by atoms with Crippen LogP contribution in [0.5, 0.6) is 0 Å². The minimum atomic E-state index is -0.556. The normalized spacial score (nSPS) is 11.7. The molecule has 0 bridgehead atoms. The molecule has 0 saturated heterocycles. The van der Waals surface area contributed by atoms with Crippen LogP contribution in [-0.4, -0.2) is 42.2 Å². The van der Waals surface area contributed by atoms with Gasteiger partial charge in [0.2, 0.25) is 5.91 Å². The predicted octanol–water partition coefficient (Wildman–Crippen LogP) is 3.18. The third kappa shape index (κ3) is 7.17. The lowest BCUT2D eigenvalue weighted by Crippen LogP contribution is -2.47. The van der Waals surface area contributed by atoms with Gasteiger partial charge >= 0.3 is 0 Å². The van der Waals surface area contributed by atoms with Gasteiger partial charge in [-0.1, -0.05) is 30.3 Å².